The van der Waals surface area contributed by atoms with Gasteiger partial charge in [0, 0.05) is 22.4 Å². The maximum atomic E-state index is 6.33. The largest absolute Gasteiger partial charge is 0.453 e. The molecule has 0 atom stereocenters. The van der Waals surface area contributed by atoms with E-state index in [4.69, 9.17) is 19.7 Å². The third-order valence-electron chi connectivity index (χ3n) is 12.5. The summed E-state index contributed by atoms with van der Waals surface area (Å²) >= 11 is 0. The van der Waals surface area contributed by atoms with Gasteiger partial charge in [-0.2, -0.15) is 0 Å². The number of nitrogens with zero attached hydrogens (tertiary/aromatic N) is 4. The fourth-order valence-corrected chi connectivity index (χ4v) is 9.06. The molecule has 0 bridgehead atoms. The minimum absolute atomic E-state index is 0.592. The van der Waals surface area contributed by atoms with Crippen molar-refractivity contribution < 1.29 is 4.74 Å². The van der Waals surface area contributed by atoms with Crippen molar-refractivity contribution in [2.45, 2.75) is 0 Å². The van der Waals surface area contributed by atoms with E-state index in [1.165, 1.54) is 11.1 Å². The van der Waals surface area contributed by atoms with E-state index in [2.05, 4.69) is 199 Å². The molecule has 0 saturated heterocycles. The van der Waals surface area contributed by atoms with Crippen LogP contribution in [-0.4, -0.2) is 15.0 Å². The van der Waals surface area contributed by atoms with E-state index < -0.39 is 0 Å². The Morgan fingerprint density at radius 3 is 1.06 bits per heavy atom. The molecule has 0 N–H and O–H groups in total. The van der Waals surface area contributed by atoms with Crippen LogP contribution in [0.4, 0.5) is 17.1 Å². The van der Waals surface area contributed by atoms with Gasteiger partial charge < -0.3 is 9.64 Å². The molecule has 0 saturated carbocycles. The number of fused-ring (bicyclic) bond motifs is 2. The maximum Gasteiger partial charge on any atom is 0.164 e. The van der Waals surface area contributed by atoms with Crippen LogP contribution in [0, 0.1) is 0 Å². The Hall–Kier alpha value is -9.19. The van der Waals surface area contributed by atoms with E-state index >= 15 is 0 Å². The highest BCUT2D eigenvalue weighted by atomic mass is 16.5. The third-order valence-corrected chi connectivity index (χ3v) is 12.5. The molecule has 0 unspecified atom stereocenters. The van der Waals surface area contributed by atoms with Crippen molar-refractivity contribution in [2.75, 3.05) is 4.90 Å². The summed E-state index contributed by atoms with van der Waals surface area (Å²) in [5, 5.41) is 0. The normalized spacial score (nSPS) is 11.6. The molecule has 1 aliphatic rings. The zero-order chi connectivity index (χ0) is 45.2. The van der Waals surface area contributed by atoms with Crippen molar-refractivity contribution in [1.82, 2.24) is 15.0 Å². The lowest BCUT2D eigenvalue weighted by atomic mass is 9.93. The van der Waals surface area contributed by atoms with Crippen molar-refractivity contribution in [3.63, 3.8) is 0 Å². The fraction of sp³-hybridized carbons (Fsp3) is 0. The number of ether oxygens (including phenoxy) is 1. The lowest BCUT2D eigenvalue weighted by Crippen LogP contribution is -2.15. The zero-order valence-electron chi connectivity index (χ0n) is 36.9. The van der Waals surface area contributed by atoms with Crippen molar-refractivity contribution >= 4 is 17.1 Å². The maximum absolute atomic E-state index is 6.33. The first-order valence-electron chi connectivity index (χ1n) is 22.8. The van der Waals surface area contributed by atoms with Crippen LogP contribution < -0.4 is 9.64 Å². The number of benzene rings is 10. The van der Waals surface area contributed by atoms with Crippen LogP contribution in [0.5, 0.6) is 11.5 Å². The van der Waals surface area contributed by atoms with Crippen molar-refractivity contribution in [3.8, 4) is 101 Å². The summed E-state index contributed by atoms with van der Waals surface area (Å²) in [4.78, 5) is 17.9. The summed E-state index contributed by atoms with van der Waals surface area (Å²) in [6.45, 7) is 0. The molecule has 1 aliphatic heterocycles. The van der Waals surface area contributed by atoms with Crippen LogP contribution in [-0.2, 0) is 0 Å². The summed E-state index contributed by atoms with van der Waals surface area (Å²) < 4.78 is 6.33. The molecule has 2 heterocycles. The molecule has 11 aromatic rings. The van der Waals surface area contributed by atoms with Gasteiger partial charge in [0.25, 0.3) is 0 Å². The number of hydrogen-bond acceptors (Lipinski definition) is 5. The minimum Gasteiger partial charge on any atom is -0.453 e. The molecule has 0 aliphatic carbocycles. The first kappa shape index (κ1) is 40.3. The molecule has 12 rings (SSSR count). The quantitative estimate of drug-likeness (QED) is 0.145. The standard InChI is InChI=1S/C63H42N4O/c1-4-16-43(17-5-1)49-22-14-24-51(38-49)45-30-32-48(33-31-45)62-64-61(47-20-8-3-9-21-47)65-63(66-62)55-41-53(40-54(42-55)52-25-15-23-50(39-52)44-18-6-2-7-19-44)46-34-36-56(37-35-46)67-57-26-10-12-28-59(57)68-60-29-13-11-27-58(60)67/h1-42H. The smallest absolute Gasteiger partial charge is 0.164 e. The second-order valence-electron chi connectivity index (χ2n) is 16.9. The van der Waals surface area contributed by atoms with E-state index in [1.54, 1.807) is 0 Å². The molecule has 5 heteroatoms. The Balaban J connectivity index is 0.973. The number of hydrogen-bond donors (Lipinski definition) is 0. The highest BCUT2D eigenvalue weighted by Gasteiger charge is 2.25. The van der Waals surface area contributed by atoms with Gasteiger partial charge in [0.2, 0.25) is 0 Å². The molecular formula is C63H42N4O. The van der Waals surface area contributed by atoms with Crippen LogP contribution in [0.1, 0.15) is 0 Å². The first-order chi connectivity index (χ1) is 33.7. The molecule has 10 aromatic carbocycles. The van der Waals surface area contributed by atoms with Gasteiger partial charge in [-0.05, 0) is 122 Å². The van der Waals surface area contributed by atoms with Gasteiger partial charge in [0.1, 0.15) is 0 Å². The zero-order valence-corrected chi connectivity index (χ0v) is 36.9. The van der Waals surface area contributed by atoms with E-state index in [9.17, 15) is 0 Å². The molecule has 0 fully saturated rings. The summed E-state index contributed by atoms with van der Waals surface area (Å²) in [6.07, 6.45) is 0. The summed E-state index contributed by atoms with van der Waals surface area (Å²) in [7, 11) is 0. The molecule has 0 spiro atoms. The van der Waals surface area contributed by atoms with Crippen LogP contribution in [0.15, 0.2) is 255 Å². The molecule has 1 aromatic heterocycles. The Kier molecular flexibility index (Phi) is 10.5. The topological polar surface area (TPSA) is 51.1 Å². The average Bonchev–Trinajstić information content (AvgIpc) is 3.43. The van der Waals surface area contributed by atoms with Gasteiger partial charge in [-0.15, -0.1) is 0 Å². The number of anilines is 3. The Bertz CT molecular complexity index is 3530. The van der Waals surface area contributed by atoms with E-state index in [1.807, 2.05) is 60.7 Å². The van der Waals surface area contributed by atoms with Crippen molar-refractivity contribution in [1.29, 1.82) is 0 Å². The van der Waals surface area contributed by atoms with E-state index in [0.29, 0.717) is 17.5 Å². The Labute approximate surface area is 396 Å². The summed E-state index contributed by atoms with van der Waals surface area (Å²) in [5.41, 5.74) is 16.9. The van der Waals surface area contributed by atoms with Gasteiger partial charge >= 0.3 is 0 Å². The fourth-order valence-electron chi connectivity index (χ4n) is 9.06. The van der Waals surface area contributed by atoms with Crippen LogP contribution in [0.2, 0.25) is 0 Å². The second kappa shape index (κ2) is 17.7. The van der Waals surface area contributed by atoms with Gasteiger partial charge in [0.15, 0.2) is 29.0 Å². The van der Waals surface area contributed by atoms with Crippen LogP contribution in [0.25, 0.3) is 89.8 Å². The average molecular weight is 871 g/mol. The molecule has 5 nitrogen and oxygen atoms in total. The molecule has 0 radical (unpaired) electrons. The number of aromatic nitrogens is 3. The minimum atomic E-state index is 0.592. The van der Waals surface area contributed by atoms with E-state index in [-0.39, 0.29) is 0 Å². The van der Waals surface area contributed by atoms with Gasteiger partial charge in [-0.25, -0.2) is 15.0 Å². The predicted octanol–water partition coefficient (Wildman–Crippen LogP) is 16.8. The van der Waals surface area contributed by atoms with Crippen LogP contribution in [0.3, 0.4) is 0 Å². The first-order valence-corrected chi connectivity index (χ1v) is 22.8. The third kappa shape index (κ3) is 7.99. The highest BCUT2D eigenvalue weighted by Crippen LogP contribution is 2.50. The van der Waals surface area contributed by atoms with Gasteiger partial charge in [-0.1, -0.05) is 188 Å². The Morgan fingerprint density at radius 1 is 0.235 bits per heavy atom. The number of para-hydroxylation sites is 4. The summed E-state index contributed by atoms with van der Waals surface area (Å²) in [6, 6.07) is 88.9. The molecule has 0 amide bonds. The second-order valence-corrected chi connectivity index (χ2v) is 16.9. The lowest BCUT2D eigenvalue weighted by Gasteiger charge is -2.32. The predicted molar refractivity (Wildman–Crippen MR) is 278 cm³/mol. The summed E-state index contributed by atoms with van der Waals surface area (Å²) in [5.74, 6) is 3.45. The Morgan fingerprint density at radius 2 is 0.544 bits per heavy atom. The van der Waals surface area contributed by atoms with Crippen molar-refractivity contribution in [2.24, 2.45) is 0 Å². The van der Waals surface area contributed by atoms with E-state index in [0.717, 1.165) is 89.8 Å². The lowest BCUT2D eigenvalue weighted by molar-refractivity contribution is 0.477. The molecule has 68 heavy (non-hydrogen) atoms. The molecule has 320 valence electrons. The van der Waals surface area contributed by atoms with Gasteiger partial charge in [-0.3, -0.25) is 0 Å². The SMILES string of the molecule is c1ccc(-c2cccc(-c3ccc(-c4nc(-c5ccccc5)nc(-c5cc(-c6ccc(N7c8ccccc8Oc8ccccc87)cc6)cc(-c6cccc(-c7ccccc7)c6)c5)n4)cc3)c2)cc1. The van der Waals surface area contributed by atoms with Gasteiger partial charge in [0.05, 0.1) is 11.4 Å². The molecular weight excluding hydrogens is 829 g/mol. The highest BCUT2D eigenvalue weighted by molar-refractivity contribution is 5.88. The monoisotopic (exact) mass is 870 g/mol. The number of rotatable bonds is 9. The van der Waals surface area contributed by atoms with Crippen molar-refractivity contribution in [3.05, 3.63) is 255 Å². The van der Waals surface area contributed by atoms with Crippen LogP contribution >= 0.6 is 0 Å².